The van der Waals surface area contributed by atoms with E-state index in [0.29, 0.717) is 42.8 Å². The third kappa shape index (κ3) is 6.04. The molecule has 0 spiro atoms. The van der Waals surface area contributed by atoms with Crippen LogP contribution in [0.15, 0.2) is 23.2 Å². The van der Waals surface area contributed by atoms with Crippen LogP contribution in [-0.4, -0.2) is 48.0 Å². The molecule has 3 rings (SSSR count). The van der Waals surface area contributed by atoms with E-state index in [2.05, 4.69) is 33.3 Å². The molecular weight excluding hydrogens is 397 g/mol. The van der Waals surface area contributed by atoms with Crippen molar-refractivity contribution in [1.29, 1.82) is 0 Å². The molecule has 0 unspecified atom stereocenters. The van der Waals surface area contributed by atoms with Crippen LogP contribution in [0.25, 0.3) is 0 Å². The maximum atomic E-state index is 13.3. The van der Waals surface area contributed by atoms with Crippen LogP contribution >= 0.6 is 0 Å². The summed E-state index contributed by atoms with van der Waals surface area (Å²) >= 11 is 0. The molecule has 0 radical (unpaired) electrons. The Kier molecular flexibility index (Phi) is 8.00. The summed E-state index contributed by atoms with van der Waals surface area (Å²) < 4.78 is 18.9. The summed E-state index contributed by atoms with van der Waals surface area (Å²) in [6.07, 6.45) is 5.30. The summed E-state index contributed by atoms with van der Waals surface area (Å²) in [5, 5.41) is 4.08. The number of methoxy groups -OCH3 is 1. The van der Waals surface area contributed by atoms with Gasteiger partial charge in [0.15, 0.2) is 5.82 Å². The molecule has 1 saturated heterocycles. The molecule has 0 saturated carbocycles. The highest BCUT2D eigenvalue weighted by Gasteiger charge is 2.21. The topological polar surface area (TPSA) is 115 Å². The average Bonchev–Trinajstić information content (AvgIpc) is 2.77. The fourth-order valence-electron chi connectivity index (χ4n) is 3.68. The van der Waals surface area contributed by atoms with Gasteiger partial charge in [0.2, 0.25) is 5.95 Å². The molecule has 2 aromatic rings. The van der Waals surface area contributed by atoms with Crippen molar-refractivity contribution in [2.75, 3.05) is 43.5 Å². The fourth-order valence-corrected chi connectivity index (χ4v) is 3.68. The minimum Gasteiger partial charge on any atom is -0.496 e. The number of aliphatic imine (C=N–C) groups is 1. The summed E-state index contributed by atoms with van der Waals surface area (Å²) in [5.41, 5.74) is 15.1. The number of unbranched alkanes of at least 4 members (excludes halogenated alkanes) is 1. The molecule has 1 aromatic heterocycles. The predicted molar refractivity (Wildman–Crippen MR) is 123 cm³/mol. The Balaban J connectivity index is 1.70. The van der Waals surface area contributed by atoms with Crippen molar-refractivity contribution >= 4 is 23.7 Å². The van der Waals surface area contributed by atoms with Crippen LogP contribution in [0.4, 0.5) is 21.9 Å². The lowest BCUT2D eigenvalue weighted by molar-refractivity contribution is 0.000716. The number of hydrogen-bond donors (Lipinski definition) is 3. The highest BCUT2D eigenvalue weighted by Crippen LogP contribution is 2.32. The molecule has 0 atom stereocenters. The van der Waals surface area contributed by atoms with Gasteiger partial charge in [-0.05, 0) is 36.8 Å². The summed E-state index contributed by atoms with van der Waals surface area (Å²) in [4.78, 5) is 12.9. The third-order valence-electron chi connectivity index (χ3n) is 5.51. The van der Waals surface area contributed by atoms with Crippen molar-refractivity contribution in [3.05, 3.63) is 35.0 Å². The zero-order valence-electron chi connectivity index (χ0n) is 18.3. The number of nitrogens with one attached hydrogen (secondary N) is 1. The predicted octanol–water partition coefficient (Wildman–Crippen LogP) is 3.54. The minimum atomic E-state index is 0.149. The van der Waals surface area contributed by atoms with Crippen molar-refractivity contribution in [3.63, 3.8) is 0 Å². The maximum Gasteiger partial charge on any atom is 0.222 e. The molecule has 1 fully saturated rings. The van der Waals surface area contributed by atoms with Gasteiger partial charge >= 0.3 is 0 Å². The van der Waals surface area contributed by atoms with Crippen LogP contribution < -0.4 is 21.5 Å². The van der Waals surface area contributed by atoms with Crippen molar-refractivity contribution in [1.82, 2.24) is 15.1 Å². The molecule has 31 heavy (non-hydrogen) atoms. The number of aromatic nitrogens is 2. The summed E-state index contributed by atoms with van der Waals surface area (Å²) in [6.45, 7) is 4.23. The van der Waals surface area contributed by atoms with Gasteiger partial charge in [0.1, 0.15) is 17.1 Å². The second kappa shape index (κ2) is 10.9. The first-order valence-electron chi connectivity index (χ1n) is 10.8. The van der Waals surface area contributed by atoms with Crippen LogP contribution in [0, 0.1) is 0 Å². The largest absolute Gasteiger partial charge is 0.496 e. The first-order chi connectivity index (χ1) is 15.0. The van der Waals surface area contributed by atoms with Crippen molar-refractivity contribution in [2.24, 2.45) is 4.99 Å². The van der Waals surface area contributed by atoms with Crippen molar-refractivity contribution in [3.8, 4) is 5.75 Å². The number of nitrogens with two attached hydrogens (primary N) is 2. The van der Waals surface area contributed by atoms with E-state index in [9.17, 15) is 4.48 Å². The summed E-state index contributed by atoms with van der Waals surface area (Å²) in [7, 11) is 1.65. The van der Waals surface area contributed by atoms with Crippen LogP contribution in [0.2, 0.25) is 0 Å². The number of nitrogen functional groups attached to an aromatic ring is 2. The number of ether oxygens (including phenoxy) is 1. The molecule has 168 valence electrons. The highest BCUT2D eigenvalue weighted by molar-refractivity contribution is 5.88. The van der Waals surface area contributed by atoms with Crippen molar-refractivity contribution in [2.45, 2.75) is 45.1 Å². The highest BCUT2D eigenvalue weighted by atomic mass is 19.2. The first-order valence-corrected chi connectivity index (χ1v) is 10.8. The van der Waals surface area contributed by atoms with Crippen molar-refractivity contribution < 1.29 is 9.22 Å². The van der Waals surface area contributed by atoms with E-state index in [1.54, 1.807) is 13.3 Å². The fraction of sp³-hybridized carbons (Fsp3) is 0.500. The number of rotatable bonds is 9. The number of piperidine rings is 1. The van der Waals surface area contributed by atoms with Crippen LogP contribution in [0.3, 0.4) is 0 Å². The van der Waals surface area contributed by atoms with E-state index < -0.39 is 0 Å². The quantitative estimate of drug-likeness (QED) is 0.317. The molecule has 1 aliphatic heterocycles. The summed E-state index contributed by atoms with van der Waals surface area (Å²) in [5.74, 6) is 1.80. The Morgan fingerprint density at radius 1 is 1.29 bits per heavy atom. The molecule has 9 heteroatoms. The molecule has 0 bridgehead atoms. The molecule has 2 heterocycles. The molecule has 5 N–H and O–H groups in total. The van der Waals surface area contributed by atoms with Gasteiger partial charge in [0.05, 0.1) is 13.7 Å². The smallest absolute Gasteiger partial charge is 0.222 e. The minimum absolute atomic E-state index is 0.149. The Labute approximate surface area is 182 Å². The van der Waals surface area contributed by atoms with E-state index in [1.807, 2.05) is 12.1 Å². The second-order valence-electron chi connectivity index (χ2n) is 7.73. The van der Waals surface area contributed by atoms with E-state index in [0.717, 1.165) is 48.7 Å². The van der Waals surface area contributed by atoms with Crippen LogP contribution in [-0.2, 0) is 6.54 Å². The molecule has 1 aliphatic rings. The molecule has 1 aromatic carbocycles. The van der Waals surface area contributed by atoms with Crippen LogP contribution in [0.1, 0.15) is 55.3 Å². The normalized spacial score (nSPS) is 15.5. The lowest BCUT2D eigenvalue weighted by atomic mass is 9.89. The van der Waals surface area contributed by atoms with Gasteiger partial charge in [-0.3, -0.25) is 4.99 Å². The van der Waals surface area contributed by atoms with Gasteiger partial charge in [-0.25, -0.2) is 4.98 Å². The van der Waals surface area contributed by atoms with Gasteiger partial charge in [-0.2, -0.15) is 4.98 Å². The van der Waals surface area contributed by atoms with Crippen LogP contribution in [0.5, 0.6) is 5.75 Å². The maximum absolute atomic E-state index is 13.3. The Bertz CT molecular complexity index is 898. The lowest BCUT2D eigenvalue weighted by Crippen LogP contribution is -2.26. The van der Waals surface area contributed by atoms with Gasteiger partial charge in [-0.15, -0.1) is 9.60 Å². The molecule has 0 amide bonds. The van der Waals surface area contributed by atoms with E-state index in [-0.39, 0.29) is 5.95 Å². The summed E-state index contributed by atoms with van der Waals surface area (Å²) in [6, 6.07) is 6.14. The van der Waals surface area contributed by atoms with Gasteiger partial charge in [0, 0.05) is 31.4 Å². The Morgan fingerprint density at radius 3 is 2.77 bits per heavy atom. The monoisotopic (exact) mass is 429 g/mol. The number of benzene rings is 1. The zero-order chi connectivity index (χ0) is 22.2. The Morgan fingerprint density at radius 2 is 2.06 bits per heavy atom. The number of hydrogen-bond acceptors (Lipinski definition) is 8. The number of halogens is 1. The van der Waals surface area contributed by atoms with Gasteiger partial charge in [0.25, 0.3) is 0 Å². The SMILES string of the molecule is CCCCNc1nc(N)nc(C=NCc2ccc(C3CCN(F)CC3)cc2OC)c1N. The average molecular weight is 430 g/mol. The molecule has 0 aliphatic carbocycles. The Hall–Kier alpha value is -2.94. The second-order valence-corrected chi connectivity index (χ2v) is 7.73. The molecular formula is C22H32FN7O. The molecule has 8 nitrogen and oxygen atoms in total. The third-order valence-corrected chi connectivity index (χ3v) is 5.51. The van der Waals surface area contributed by atoms with E-state index in [4.69, 9.17) is 16.2 Å². The standard InChI is InChI=1S/C22H32FN7O/c1-3-4-9-27-21-20(24)18(28-22(25)29-21)14-26-13-17-6-5-16(12-19(17)31-2)15-7-10-30(23)11-8-15/h5-6,12,14-15H,3-4,7-11,13,24H2,1-2H3,(H3,25,27,28,29). The lowest BCUT2D eigenvalue weighted by Gasteiger charge is -2.26. The first kappa shape index (κ1) is 22.7. The number of nitrogens with zero attached hydrogens (tertiary/aromatic N) is 4. The zero-order valence-corrected chi connectivity index (χ0v) is 18.3. The van der Waals surface area contributed by atoms with Gasteiger partial charge < -0.3 is 21.5 Å². The van der Waals surface area contributed by atoms with Gasteiger partial charge in [-0.1, -0.05) is 25.5 Å². The van der Waals surface area contributed by atoms with E-state index >= 15 is 0 Å². The van der Waals surface area contributed by atoms with E-state index in [1.165, 1.54) is 5.56 Å². The number of anilines is 3.